The summed E-state index contributed by atoms with van der Waals surface area (Å²) in [6.07, 6.45) is 1.43. The zero-order valence-electron chi connectivity index (χ0n) is 15.4. The molecule has 0 unspecified atom stereocenters. The first-order valence-corrected chi connectivity index (χ1v) is 10.0. The van der Waals surface area contributed by atoms with E-state index >= 15 is 0 Å². The second-order valence-corrected chi connectivity index (χ2v) is 7.83. The minimum Gasteiger partial charge on any atom is -0.345 e. The fourth-order valence-corrected chi connectivity index (χ4v) is 3.69. The van der Waals surface area contributed by atoms with Gasteiger partial charge in [0, 0.05) is 17.8 Å². The highest BCUT2D eigenvalue weighted by molar-refractivity contribution is 7.92. The number of rotatable bonds is 8. The van der Waals surface area contributed by atoms with Crippen LogP contribution in [0.15, 0.2) is 59.5 Å². The molecule has 2 rings (SSSR count). The largest absolute Gasteiger partial charge is 0.345 e. The SMILES string of the molecule is CCC(CC)(CN)NC(=O)c1cccc(NS(=O)(=O)c2ccccc2)c1.Cl. The van der Waals surface area contributed by atoms with E-state index < -0.39 is 15.6 Å². The molecule has 0 heterocycles. The second kappa shape index (κ2) is 9.73. The Kier molecular flexibility index (Phi) is 8.27. The van der Waals surface area contributed by atoms with E-state index in [1.807, 2.05) is 13.8 Å². The first kappa shape index (κ1) is 23.0. The predicted octanol–water partition coefficient (Wildman–Crippen LogP) is 3.16. The van der Waals surface area contributed by atoms with Crippen molar-refractivity contribution in [2.75, 3.05) is 11.3 Å². The van der Waals surface area contributed by atoms with Crippen LogP contribution in [0.25, 0.3) is 0 Å². The first-order valence-electron chi connectivity index (χ1n) is 8.56. The van der Waals surface area contributed by atoms with Crippen molar-refractivity contribution in [3.8, 4) is 0 Å². The highest BCUT2D eigenvalue weighted by Gasteiger charge is 2.27. The number of hydrogen-bond donors (Lipinski definition) is 3. The Labute approximate surface area is 167 Å². The number of carbonyl (C=O) groups excluding carboxylic acids is 1. The van der Waals surface area contributed by atoms with E-state index in [4.69, 9.17) is 5.73 Å². The van der Waals surface area contributed by atoms with Gasteiger partial charge in [-0.05, 0) is 43.2 Å². The fraction of sp³-hybridized carbons (Fsp3) is 0.316. The Bertz CT molecular complexity index is 845. The van der Waals surface area contributed by atoms with Crippen LogP contribution in [0.3, 0.4) is 0 Å². The van der Waals surface area contributed by atoms with E-state index in [1.165, 1.54) is 18.2 Å². The van der Waals surface area contributed by atoms with Gasteiger partial charge in [-0.15, -0.1) is 12.4 Å². The molecule has 0 bridgehead atoms. The quantitative estimate of drug-likeness (QED) is 0.620. The summed E-state index contributed by atoms with van der Waals surface area (Å²) in [5.41, 5.74) is 6.06. The molecule has 0 spiro atoms. The lowest BCUT2D eigenvalue weighted by Gasteiger charge is -2.31. The number of nitrogens with one attached hydrogen (secondary N) is 2. The van der Waals surface area contributed by atoms with Crippen molar-refractivity contribution in [1.82, 2.24) is 5.32 Å². The molecule has 4 N–H and O–H groups in total. The molecule has 0 aromatic heterocycles. The zero-order chi connectivity index (χ0) is 19.2. The maximum absolute atomic E-state index is 12.6. The summed E-state index contributed by atoms with van der Waals surface area (Å²) < 4.78 is 27.3. The lowest BCUT2D eigenvalue weighted by atomic mass is 9.92. The van der Waals surface area contributed by atoms with Crippen LogP contribution < -0.4 is 15.8 Å². The Morgan fingerprint density at radius 3 is 2.22 bits per heavy atom. The minimum absolute atomic E-state index is 0. The Hall–Kier alpha value is -2.09. The molecular weight excluding hydrogens is 386 g/mol. The fourth-order valence-electron chi connectivity index (χ4n) is 2.62. The van der Waals surface area contributed by atoms with Gasteiger partial charge in [-0.3, -0.25) is 9.52 Å². The average Bonchev–Trinajstić information content (AvgIpc) is 2.66. The number of sulfonamides is 1. The van der Waals surface area contributed by atoms with Gasteiger partial charge in [0.05, 0.1) is 10.4 Å². The standard InChI is InChI=1S/C19H25N3O3S.ClH/c1-3-19(4-2,14-20)21-18(23)15-9-8-10-16(13-15)22-26(24,25)17-11-6-5-7-12-17;/h5-13,22H,3-4,14,20H2,1-2H3,(H,21,23);1H. The maximum atomic E-state index is 12.6. The van der Waals surface area contributed by atoms with Crippen molar-refractivity contribution in [2.24, 2.45) is 5.73 Å². The van der Waals surface area contributed by atoms with Crippen molar-refractivity contribution < 1.29 is 13.2 Å². The normalized spacial score (nSPS) is 11.4. The number of benzene rings is 2. The third-order valence-corrected chi connectivity index (χ3v) is 5.95. The van der Waals surface area contributed by atoms with E-state index in [-0.39, 0.29) is 23.2 Å². The van der Waals surface area contributed by atoms with Gasteiger partial charge in [0.25, 0.3) is 15.9 Å². The van der Waals surface area contributed by atoms with Gasteiger partial charge in [0.2, 0.25) is 0 Å². The Balaban J connectivity index is 0.00000364. The molecule has 2 aromatic carbocycles. The van der Waals surface area contributed by atoms with Gasteiger partial charge >= 0.3 is 0 Å². The monoisotopic (exact) mass is 411 g/mol. The average molecular weight is 412 g/mol. The van der Waals surface area contributed by atoms with Crippen molar-refractivity contribution in [3.05, 3.63) is 60.2 Å². The van der Waals surface area contributed by atoms with Crippen molar-refractivity contribution >= 4 is 34.0 Å². The van der Waals surface area contributed by atoms with Gasteiger partial charge in [0.15, 0.2) is 0 Å². The molecule has 0 saturated carbocycles. The van der Waals surface area contributed by atoms with Gasteiger partial charge in [0.1, 0.15) is 0 Å². The molecule has 27 heavy (non-hydrogen) atoms. The molecule has 0 radical (unpaired) electrons. The zero-order valence-corrected chi connectivity index (χ0v) is 17.1. The summed E-state index contributed by atoms with van der Waals surface area (Å²) in [5, 5.41) is 2.98. The number of amides is 1. The lowest BCUT2D eigenvalue weighted by molar-refractivity contribution is 0.0895. The predicted molar refractivity (Wildman–Crippen MR) is 111 cm³/mol. The van der Waals surface area contributed by atoms with E-state index in [1.54, 1.807) is 36.4 Å². The topological polar surface area (TPSA) is 101 Å². The first-order chi connectivity index (χ1) is 12.4. The highest BCUT2D eigenvalue weighted by atomic mass is 35.5. The number of halogens is 1. The van der Waals surface area contributed by atoms with Gasteiger partial charge < -0.3 is 11.1 Å². The number of hydrogen-bond acceptors (Lipinski definition) is 4. The molecule has 0 aliphatic carbocycles. The van der Waals surface area contributed by atoms with Crippen molar-refractivity contribution in [2.45, 2.75) is 37.1 Å². The molecule has 8 heteroatoms. The lowest BCUT2D eigenvalue weighted by Crippen LogP contribution is -2.52. The Morgan fingerprint density at radius 1 is 1.04 bits per heavy atom. The van der Waals surface area contributed by atoms with Gasteiger partial charge in [-0.1, -0.05) is 38.1 Å². The molecule has 0 fully saturated rings. The summed E-state index contributed by atoms with van der Waals surface area (Å²) in [5.74, 6) is -0.278. The molecule has 0 atom stereocenters. The van der Waals surface area contributed by atoms with E-state index in [2.05, 4.69) is 10.0 Å². The molecule has 0 aliphatic heterocycles. The van der Waals surface area contributed by atoms with Crippen LogP contribution in [-0.4, -0.2) is 26.4 Å². The number of nitrogens with two attached hydrogens (primary N) is 1. The third kappa shape index (κ3) is 5.69. The molecule has 0 aliphatic rings. The van der Waals surface area contributed by atoms with Crippen LogP contribution in [0.5, 0.6) is 0 Å². The van der Waals surface area contributed by atoms with Gasteiger partial charge in [-0.2, -0.15) is 0 Å². The number of anilines is 1. The van der Waals surface area contributed by atoms with Crippen molar-refractivity contribution in [1.29, 1.82) is 0 Å². The van der Waals surface area contributed by atoms with E-state index in [0.29, 0.717) is 30.6 Å². The highest BCUT2D eigenvalue weighted by Crippen LogP contribution is 2.19. The third-order valence-electron chi connectivity index (χ3n) is 4.55. The minimum atomic E-state index is -3.71. The Morgan fingerprint density at radius 2 is 1.67 bits per heavy atom. The smallest absolute Gasteiger partial charge is 0.261 e. The molecule has 0 saturated heterocycles. The van der Waals surface area contributed by atoms with Crippen LogP contribution in [0, 0.1) is 0 Å². The van der Waals surface area contributed by atoms with Crippen LogP contribution in [-0.2, 0) is 10.0 Å². The molecule has 1 amide bonds. The van der Waals surface area contributed by atoms with E-state index in [0.717, 1.165) is 0 Å². The summed E-state index contributed by atoms with van der Waals surface area (Å²) in [6, 6.07) is 14.5. The second-order valence-electron chi connectivity index (χ2n) is 6.15. The van der Waals surface area contributed by atoms with E-state index in [9.17, 15) is 13.2 Å². The molecule has 6 nitrogen and oxygen atoms in total. The van der Waals surface area contributed by atoms with Crippen molar-refractivity contribution in [3.63, 3.8) is 0 Å². The van der Waals surface area contributed by atoms with Crippen LogP contribution in [0.4, 0.5) is 5.69 Å². The molecular formula is C19H26ClN3O3S. The van der Waals surface area contributed by atoms with Gasteiger partial charge in [-0.25, -0.2) is 8.42 Å². The van der Waals surface area contributed by atoms with Crippen LogP contribution in [0.1, 0.15) is 37.0 Å². The summed E-state index contributed by atoms with van der Waals surface area (Å²) >= 11 is 0. The molecule has 148 valence electrons. The number of carbonyl (C=O) groups is 1. The summed E-state index contributed by atoms with van der Waals surface area (Å²) in [6.45, 7) is 4.29. The van der Waals surface area contributed by atoms with Crippen LogP contribution >= 0.6 is 12.4 Å². The summed E-state index contributed by atoms with van der Waals surface area (Å²) in [4.78, 5) is 12.7. The summed E-state index contributed by atoms with van der Waals surface area (Å²) in [7, 11) is -3.71. The maximum Gasteiger partial charge on any atom is 0.261 e. The molecule has 2 aromatic rings. The van der Waals surface area contributed by atoms with Crippen LogP contribution in [0.2, 0.25) is 0 Å².